The molecule has 0 saturated carbocycles. The molecule has 0 amide bonds. The summed E-state index contributed by atoms with van der Waals surface area (Å²) in [7, 11) is 0. The third kappa shape index (κ3) is 4.09. The van der Waals surface area contributed by atoms with E-state index in [0.29, 0.717) is 0 Å². The Kier molecular flexibility index (Phi) is 5.31. The van der Waals surface area contributed by atoms with Crippen molar-refractivity contribution in [2.24, 2.45) is 5.92 Å². The largest absolute Gasteiger partial charge is 0.458 e. The third-order valence-electron chi connectivity index (χ3n) is 4.29. The first kappa shape index (κ1) is 18.3. The Bertz CT molecular complexity index is 764. The maximum Gasteiger partial charge on any atom is 0.338 e. The van der Waals surface area contributed by atoms with Gasteiger partial charge < -0.3 is 4.74 Å². The van der Waals surface area contributed by atoms with Gasteiger partial charge in [0.2, 0.25) is 0 Å². The maximum absolute atomic E-state index is 12.2. The lowest BCUT2D eigenvalue weighted by molar-refractivity contribution is -0.394. The molecule has 0 unspecified atom stereocenters. The minimum Gasteiger partial charge on any atom is -0.458 e. The van der Waals surface area contributed by atoms with Crippen molar-refractivity contribution in [2.75, 3.05) is 6.61 Å². The average molecular weight is 346 g/mol. The van der Waals surface area contributed by atoms with Crippen LogP contribution in [-0.2, 0) is 4.74 Å². The Hall–Kier alpha value is -3.03. The van der Waals surface area contributed by atoms with Crippen molar-refractivity contribution in [3.8, 4) is 0 Å². The summed E-state index contributed by atoms with van der Waals surface area (Å²) in [5, 5.41) is 21.8. The number of hydrogen-bond donors (Lipinski definition) is 0. The first-order chi connectivity index (χ1) is 11.7. The van der Waals surface area contributed by atoms with E-state index in [1.54, 1.807) is 0 Å². The number of esters is 1. The van der Waals surface area contributed by atoms with Gasteiger partial charge in [-0.3, -0.25) is 20.2 Å². The van der Waals surface area contributed by atoms with Crippen LogP contribution >= 0.6 is 0 Å². The molecule has 132 valence electrons. The number of nitrogens with zero attached hydrogens (tertiary/aromatic N) is 2. The van der Waals surface area contributed by atoms with Crippen LogP contribution in [0.1, 0.15) is 37.0 Å². The molecular formula is C17H18N2O6. The van der Waals surface area contributed by atoms with Crippen molar-refractivity contribution in [1.29, 1.82) is 0 Å². The Morgan fingerprint density at radius 2 is 1.80 bits per heavy atom. The van der Waals surface area contributed by atoms with Crippen LogP contribution in [0.25, 0.3) is 0 Å². The van der Waals surface area contributed by atoms with Crippen molar-refractivity contribution in [3.05, 3.63) is 67.3 Å². The summed E-state index contributed by atoms with van der Waals surface area (Å²) in [5.41, 5.74) is 1.80. The van der Waals surface area contributed by atoms with Crippen molar-refractivity contribution >= 4 is 17.3 Å². The molecule has 0 heterocycles. The number of benzene rings is 1. The Balaban J connectivity index is 2.21. The monoisotopic (exact) mass is 346 g/mol. The summed E-state index contributed by atoms with van der Waals surface area (Å²) in [4.78, 5) is 32.4. The van der Waals surface area contributed by atoms with Crippen LogP contribution in [0.5, 0.6) is 0 Å². The number of hydrogen-bond acceptors (Lipinski definition) is 6. The van der Waals surface area contributed by atoms with E-state index in [-0.39, 0.29) is 18.1 Å². The second-order valence-electron chi connectivity index (χ2n) is 6.07. The number of nitro benzene ring substituents is 2. The van der Waals surface area contributed by atoms with Crippen molar-refractivity contribution in [3.63, 3.8) is 0 Å². The predicted octanol–water partition coefficient (Wildman–Crippen LogP) is 3.96. The van der Waals surface area contributed by atoms with Crippen molar-refractivity contribution in [1.82, 2.24) is 0 Å². The van der Waals surface area contributed by atoms with Gasteiger partial charge >= 0.3 is 5.97 Å². The first-order valence-corrected chi connectivity index (χ1v) is 7.65. The quantitative estimate of drug-likeness (QED) is 0.333. The molecule has 2 rings (SSSR count). The fourth-order valence-electron chi connectivity index (χ4n) is 2.91. The van der Waals surface area contributed by atoms with Gasteiger partial charge in [0, 0.05) is 18.1 Å². The van der Waals surface area contributed by atoms with E-state index in [0.717, 1.165) is 47.8 Å². The molecule has 8 heteroatoms. The predicted molar refractivity (Wildman–Crippen MR) is 90.3 cm³/mol. The second kappa shape index (κ2) is 7.25. The molecule has 1 aliphatic rings. The number of ether oxygens (including phenoxy) is 1. The van der Waals surface area contributed by atoms with Gasteiger partial charge in [0.15, 0.2) is 0 Å². The van der Waals surface area contributed by atoms with Crippen LogP contribution < -0.4 is 0 Å². The van der Waals surface area contributed by atoms with Crippen LogP contribution in [0.2, 0.25) is 0 Å². The first-order valence-electron chi connectivity index (χ1n) is 7.65. The standard InChI is InChI=1S/C17H18N2O6/c1-10(2)15-5-4-11(3)16(15)9-25-17(20)12-6-13(18(21)22)8-14(7-12)19(23)24/h6-8,15H,1,4-5,9H2,2-3H3/t15-/m1/s1. The number of nitro groups is 2. The maximum atomic E-state index is 12.2. The molecule has 0 aromatic heterocycles. The van der Waals surface area contributed by atoms with E-state index in [9.17, 15) is 25.0 Å². The number of non-ortho nitro benzene ring substituents is 2. The van der Waals surface area contributed by atoms with E-state index < -0.39 is 27.2 Å². The average Bonchev–Trinajstić information content (AvgIpc) is 2.93. The van der Waals surface area contributed by atoms with Gasteiger partial charge in [-0.2, -0.15) is 0 Å². The zero-order valence-corrected chi connectivity index (χ0v) is 14.0. The molecule has 8 nitrogen and oxygen atoms in total. The van der Waals surface area contributed by atoms with E-state index in [4.69, 9.17) is 4.74 Å². The minimum atomic E-state index is -0.834. The second-order valence-corrected chi connectivity index (χ2v) is 6.07. The molecule has 0 aliphatic heterocycles. The SMILES string of the molecule is C=C(C)[C@H]1CCC(C)=C1COC(=O)c1cc([N+](=O)[O-])cc([N+](=O)[O-])c1. The Morgan fingerprint density at radius 3 is 2.28 bits per heavy atom. The van der Waals surface area contributed by atoms with Gasteiger partial charge in [0.25, 0.3) is 11.4 Å². The molecule has 0 N–H and O–H groups in total. The number of rotatable bonds is 6. The summed E-state index contributed by atoms with van der Waals surface area (Å²) in [6.07, 6.45) is 1.81. The molecular weight excluding hydrogens is 328 g/mol. The lowest BCUT2D eigenvalue weighted by Crippen LogP contribution is -2.13. The molecule has 0 spiro atoms. The lowest BCUT2D eigenvalue weighted by atomic mass is 9.94. The van der Waals surface area contributed by atoms with Crippen molar-refractivity contribution < 1.29 is 19.4 Å². The summed E-state index contributed by atoms with van der Waals surface area (Å²) >= 11 is 0. The highest BCUT2D eigenvalue weighted by molar-refractivity contribution is 5.91. The van der Waals surface area contributed by atoms with Gasteiger partial charge in [-0.1, -0.05) is 17.7 Å². The van der Waals surface area contributed by atoms with E-state index in [1.807, 2.05) is 13.8 Å². The number of carbonyl (C=O) groups is 1. The van der Waals surface area contributed by atoms with Gasteiger partial charge in [-0.15, -0.1) is 0 Å². The normalized spacial score (nSPS) is 16.6. The molecule has 0 radical (unpaired) electrons. The third-order valence-corrected chi connectivity index (χ3v) is 4.29. The molecule has 1 atom stereocenters. The van der Waals surface area contributed by atoms with Gasteiger partial charge in [-0.05, 0) is 32.3 Å². The minimum absolute atomic E-state index is 0.0404. The molecule has 1 aromatic carbocycles. The summed E-state index contributed by atoms with van der Waals surface area (Å²) < 4.78 is 5.25. The van der Waals surface area contributed by atoms with Crippen LogP contribution in [0.15, 0.2) is 41.5 Å². The highest BCUT2D eigenvalue weighted by Crippen LogP contribution is 2.36. The molecule has 25 heavy (non-hydrogen) atoms. The van der Waals surface area contributed by atoms with Crippen molar-refractivity contribution in [2.45, 2.75) is 26.7 Å². The number of carbonyl (C=O) groups excluding carboxylic acids is 1. The Morgan fingerprint density at radius 1 is 1.24 bits per heavy atom. The van der Waals surface area contributed by atoms with E-state index >= 15 is 0 Å². The fourth-order valence-corrected chi connectivity index (χ4v) is 2.91. The van der Waals surface area contributed by atoms with Crippen LogP contribution in [0, 0.1) is 26.1 Å². The van der Waals surface area contributed by atoms with Gasteiger partial charge in [0.05, 0.1) is 21.5 Å². The molecule has 0 saturated heterocycles. The van der Waals surface area contributed by atoms with Gasteiger partial charge in [-0.25, -0.2) is 4.79 Å². The molecule has 1 aliphatic carbocycles. The van der Waals surface area contributed by atoms with E-state index in [2.05, 4.69) is 6.58 Å². The molecule has 1 aromatic rings. The summed E-state index contributed by atoms with van der Waals surface area (Å²) in [6.45, 7) is 7.86. The van der Waals surface area contributed by atoms with Gasteiger partial charge in [0.1, 0.15) is 6.61 Å². The summed E-state index contributed by atoms with van der Waals surface area (Å²) in [6, 6.07) is 2.75. The topological polar surface area (TPSA) is 113 Å². The fraction of sp³-hybridized carbons (Fsp3) is 0.353. The summed E-state index contributed by atoms with van der Waals surface area (Å²) in [5.74, 6) is -0.688. The van der Waals surface area contributed by atoms with E-state index in [1.165, 1.54) is 0 Å². The highest BCUT2D eigenvalue weighted by Gasteiger charge is 2.26. The molecule has 0 bridgehead atoms. The van der Waals surface area contributed by atoms with Crippen LogP contribution in [0.4, 0.5) is 11.4 Å². The highest BCUT2D eigenvalue weighted by atomic mass is 16.6. The van der Waals surface area contributed by atoms with Crippen LogP contribution in [-0.4, -0.2) is 22.4 Å². The zero-order chi connectivity index (χ0) is 18.7. The Labute approximate surface area is 144 Å². The smallest absolute Gasteiger partial charge is 0.338 e. The lowest BCUT2D eigenvalue weighted by Gasteiger charge is -2.15. The zero-order valence-electron chi connectivity index (χ0n) is 14.0. The number of allylic oxidation sites excluding steroid dienone is 2. The van der Waals surface area contributed by atoms with Crippen LogP contribution in [0.3, 0.4) is 0 Å². The molecule has 0 fully saturated rings.